The Kier molecular flexibility index (Phi) is 5.43. The maximum atomic E-state index is 11.9. The maximum Gasteiger partial charge on any atom is 0.314 e. The monoisotopic (exact) mass is 336 g/mol. The predicted octanol–water partition coefficient (Wildman–Crippen LogP) is 1.85. The molecule has 0 saturated carbocycles. The molecule has 2 aromatic heterocycles. The van der Waals surface area contributed by atoms with Crippen molar-refractivity contribution >= 4 is 17.4 Å². The number of aromatic nitrogens is 2. The summed E-state index contributed by atoms with van der Waals surface area (Å²) in [5.41, 5.74) is 2.22. The highest BCUT2D eigenvalue weighted by atomic mass is 32.1. The van der Waals surface area contributed by atoms with Crippen molar-refractivity contribution in [2.45, 2.75) is 32.8 Å². The Morgan fingerprint density at radius 1 is 1.43 bits per heavy atom. The summed E-state index contributed by atoms with van der Waals surface area (Å²) in [5.74, 6) is 0. The van der Waals surface area contributed by atoms with Crippen LogP contribution in [0.25, 0.3) is 0 Å². The van der Waals surface area contributed by atoms with Gasteiger partial charge >= 0.3 is 6.03 Å². The van der Waals surface area contributed by atoms with Gasteiger partial charge in [-0.15, -0.1) is 11.3 Å². The number of aliphatic hydroxyl groups is 1. The number of carbonyl (C=O) groups excluding carboxylic acids is 1. The van der Waals surface area contributed by atoms with E-state index in [9.17, 15) is 9.90 Å². The van der Waals surface area contributed by atoms with Gasteiger partial charge in [0.05, 0.1) is 12.2 Å². The van der Waals surface area contributed by atoms with Crippen molar-refractivity contribution in [3.8, 4) is 0 Å². The molecule has 2 heterocycles. The zero-order chi connectivity index (χ0) is 17.0. The second-order valence-corrected chi connectivity index (χ2v) is 6.83. The zero-order valence-corrected chi connectivity index (χ0v) is 14.8. The summed E-state index contributed by atoms with van der Waals surface area (Å²) in [6, 6.07) is 3.46. The van der Waals surface area contributed by atoms with Crippen LogP contribution in [0, 0.1) is 13.8 Å². The summed E-state index contributed by atoms with van der Waals surface area (Å²) in [4.78, 5) is 12.7. The van der Waals surface area contributed by atoms with E-state index >= 15 is 0 Å². The standard InChI is InChI=1S/C16H24N4O2S/c1-11-13(12(2)20(4)19-11)7-8-17-15(21)18-10-16(3,22)14-6-5-9-23-14/h5-6,9,22H,7-8,10H2,1-4H3,(H2,17,18,21). The fourth-order valence-corrected chi connectivity index (χ4v) is 3.25. The summed E-state index contributed by atoms with van der Waals surface area (Å²) >= 11 is 1.47. The number of nitrogens with one attached hydrogen (secondary N) is 2. The van der Waals surface area contributed by atoms with Gasteiger partial charge in [-0.3, -0.25) is 4.68 Å². The Morgan fingerprint density at radius 2 is 2.17 bits per heavy atom. The van der Waals surface area contributed by atoms with Gasteiger partial charge in [0, 0.05) is 24.2 Å². The Hall–Kier alpha value is -1.86. The molecule has 0 bridgehead atoms. The first-order chi connectivity index (χ1) is 10.8. The lowest BCUT2D eigenvalue weighted by Crippen LogP contribution is -2.43. The van der Waals surface area contributed by atoms with Crippen LogP contribution in [0.15, 0.2) is 17.5 Å². The van der Waals surface area contributed by atoms with Gasteiger partial charge < -0.3 is 15.7 Å². The van der Waals surface area contributed by atoms with Gasteiger partial charge in [-0.25, -0.2) is 4.79 Å². The molecule has 0 saturated heterocycles. The molecule has 0 fully saturated rings. The predicted molar refractivity (Wildman–Crippen MR) is 91.7 cm³/mol. The summed E-state index contributed by atoms with van der Waals surface area (Å²) < 4.78 is 1.85. The van der Waals surface area contributed by atoms with Crippen molar-refractivity contribution in [1.29, 1.82) is 0 Å². The fraction of sp³-hybridized carbons (Fsp3) is 0.500. The Labute approximate surface area is 140 Å². The van der Waals surface area contributed by atoms with E-state index in [0.29, 0.717) is 6.54 Å². The van der Waals surface area contributed by atoms with E-state index in [2.05, 4.69) is 15.7 Å². The summed E-state index contributed by atoms with van der Waals surface area (Å²) in [6.07, 6.45) is 0.736. The molecular weight excluding hydrogens is 312 g/mol. The average Bonchev–Trinajstić information content (AvgIpc) is 3.10. The first-order valence-electron chi connectivity index (χ1n) is 7.58. The van der Waals surface area contributed by atoms with Gasteiger partial charge in [0.2, 0.25) is 0 Å². The number of hydrogen-bond acceptors (Lipinski definition) is 4. The fourth-order valence-electron chi connectivity index (χ4n) is 2.47. The third-order valence-corrected chi connectivity index (χ3v) is 5.09. The second-order valence-electron chi connectivity index (χ2n) is 5.88. The van der Waals surface area contributed by atoms with E-state index in [1.54, 1.807) is 6.92 Å². The molecule has 7 heteroatoms. The minimum absolute atomic E-state index is 0.171. The highest BCUT2D eigenvalue weighted by molar-refractivity contribution is 7.10. The number of thiophene rings is 1. The first-order valence-corrected chi connectivity index (χ1v) is 8.46. The zero-order valence-electron chi connectivity index (χ0n) is 14.0. The van der Waals surface area contributed by atoms with Gasteiger partial charge in [-0.05, 0) is 44.2 Å². The Morgan fingerprint density at radius 3 is 2.74 bits per heavy atom. The molecule has 0 aliphatic carbocycles. The van der Waals surface area contributed by atoms with Gasteiger partial charge in [-0.1, -0.05) is 6.07 Å². The third kappa shape index (κ3) is 4.33. The molecule has 0 aliphatic rings. The number of amides is 2. The van der Waals surface area contributed by atoms with Gasteiger partial charge in [0.1, 0.15) is 5.60 Å². The molecule has 0 spiro atoms. The van der Waals surface area contributed by atoms with E-state index < -0.39 is 5.60 Å². The number of carbonyl (C=O) groups is 1. The number of nitrogens with zero attached hydrogens (tertiary/aromatic N) is 2. The van der Waals surface area contributed by atoms with Gasteiger partial charge in [-0.2, -0.15) is 5.10 Å². The molecule has 2 amide bonds. The lowest BCUT2D eigenvalue weighted by atomic mass is 10.1. The van der Waals surface area contributed by atoms with Crippen LogP contribution in [0.2, 0.25) is 0 Å². The Balaban J connectivity index is 1.77. The molecule has 0 radical (unpaired) electrons. The van der Waals surface area contributed by atoms with Crippen LogP contribution in [0.3, 0.4) is 0 Å². The summed E-state index contributed by atoms with van der Waals surface area (Å²) in [6.45, 7) is 6.39. The SMILES string of the molecule is Cc1nn(C)c(C)c1CCNC(=O)NCC(C)(O)c1cccs1. The van der Waals surface area contributed by atoms with E-state index in [4.69, 9.17) is 0 Å². The van der Waals surface area contributed by atoms with Crippen LogP contribution in [0.4, 0.5) is 4.79 Å². The summed E-state index contributed by atoms with van der Waals surface area (Å²) in [5, 5.41) is 22.2. The van der Waals surface area contributed by atoms with E-state index in [0.717, 1.165) is 22.7 Å². The number of aryl methyl sites for hydroxylation is 2. The molecule has 6 nitrogen and oxygen atoms in total. The highest BCUT2D eigenvalue weighted by Gasteiger charge is 2.24. The lowest BCUT2D eigenvalue weighted by molar-refractivity contribution is 0.0631. The quantitative estimate of drug-likeness (QED) is 0.753. The van der Waals surface area contributed by atoms with Crippen LogP contribution in [-0.4, -0.2) is 34.0 Å². The van der Waals surface area contributed by atoms with Crippen molar-refractivity contribution in [2.75, 3.05) is 13.1 Å². The molecule has 2 rings (SSSR count). The topological polar surface area (TPSA) is 79.2 Å². The first kappa shape index (κ1) is 17.5. The lowest BCUT2D eigenvalue weighted by Gasteiger charge is -2.22. The van der Waals surface area contributed by atoms with Crippen LogP contribution in [0.1, 0.15) is 28.8 Å². The van der Waals surface area contributed by atoms with E-state index in [-0.39, 0.29) is 12.6 Å². The largest absolute Gasteiger partial charge is 0.383 e. The minimum Gasteiger partial charge on any atom is -0.383 e. The molecule has 126 valence electrons. The van der Waals surface area contributed by atoms with Gasteiger partial charge in [0.25, 0.3) is 0 Å². The third-order valence-electron chi connectivity index (χ3n) is 3.96. The summed E-state index contributed by atoms with van der Waals surface area (Å²) in [7, 11) is 1.92. The number of urea groups is 1. The smallest absolute Gasteiger partial charge is 0.314 e. The van der Waals surface area contributed by atoms with Crippen molar-refractivity contribution in [3.63, 3.8) is 0 Å². The van der Waals surface area contributed by atoms with Crippen molar-refractivity contribution < 1.29 is 9.90 Å². The van der Waals surface area contributed by atoms with Crippen molar-refractivity contribution in [2.24, 2.45) is 7.05 Å². The van der Waals surface area contributed by atoms with Crippen molar-refractivity contribution in [3.05, 3.63) is 39.3 Å². The number of hydrogen-bond donors (Lipinski definition) is 3. The van der Waals surface area contributed by atoms with E-state index in [1.807, 2.05) is 43.1 Å². The molecule has 1 atom stereocenters. The van der Waals surface area contributed by atoms with Crippen LogP contribution in [-0.2, 0) is 19.1 Å². The average molecular weight is 336 g/mol. The van der Waals surface area contributed by atoms with E-state index in [1.165, 1.54) is 16.9 Å². The molecule has 23 heavy (non-hydrogen) atoms. The molecule has 0 aliphatic heterocycles. The van der Waals surface area contributed by atoms with Crippen LogP contribution < -0.4 is 10.6 Å². The Bertz CT molecular complexity index is 662. The number of rotatable bonds is 6. The highest BCUT2D eigenvalue weighted by Crippen LogP contribution is 2.24. The van der Waals surface area contributed by atoms with Gasteiger partial charge in [0.15, 0.2) is 0 Å². The molecule has 2 aromatic rings. The maximum absolute atomic E-state index is 11.9. The molecule has 1 unspecified atom stereocenters. The molecular formula is C16H24N4O2S. The minimum atomic E-state index is -1.05. The molecule has 0 aromatic carbocycles. The second kappa shape index (κ2) is 7.14. The molecule has 3 N–H and O–H groups in total. The van der Waals surface area contributed by atoms with Crippen LogP contribution >= 0.6 is 11.3 Å². The van der Waals surface area contributed by atoms with Crippen molar-refractivity contribution in [1.82, 2.24) is 20.4 Å². The normalized spacial score (nSPS) is 13.6. The van der Waals surface area contributed by atoms with Crippen LogP contribution in [0.5, 0.6) is 0 Å².